The molecule has 7 nitrogen and oxygen atoms in total. The van der Waals surface area contributed by atoms with E-state index in [2.05, 4.69) is 48.3 Å². The van der Waals surface area contributed by atoms with Crippen molar-refractivity contribution in [3.05, 3.63) is 87.9 Å². The fourth-order valence-electron chi connectivity index (χ4n) is 6.15. The summed E-state index contributed by atoms with van der Waals surface area (Å²) in [4.78, 5) is 29.6. The molecular formula is C34H40ClN3O4. The number of nitrogens with one attached hydrogen (secondary N) is 1. The lowest BCUT2D eigenvalue weighted by Crippen LogP contribution is -2.44. The molecule has 2 unspecified atom stereocenters. The SMILES string of the molecule is CCCOc1cc2c(cc1OC)CC(=O)N(c1ccc(C(C)N3CCC(NC(C)=O)CC3)cc1)C2c1ccc(Cl)cc1. The summed E-state index contributed by atoms with van der Waals surface area (Å²) in [5.41, 5.74) is 4.97. The van der Waals surface area contributed by atoms with Crippen LogP contribution in [0.1, 0.15) is 74.4 Å². The van der Waals surface area contributed by atoms with Gasteiger partial charge in [-0.1, -0.05) is 42.8 Å². The second-order valence-corrected chi connectivity index (χ2v) is 11.7. The van der Waals surface area contributed by atoms with E-state index >= 15 is 0 Å². The molecule has 1 N–H and O–H groups in total. The molecule has 1 fully saturated rings. The van der Waals surface area contributed by atoms with E-state index in [1.54, 1.807) is 14.0 Å². The first kappa shape index (κ1) is 29.9. The van der Waals surface area contributed by atoms with Crippen LogP contribution >= 0.6 is 11.6 Å². The molecule has 0 aromatic heterocycles. The maximum Gasteiger partial charge on any atom is 0.232 e. The van der Waals surface area contributed by atoms with Gasteiger partial charge in [-0.3, -0.25) is 14.5 Å². The zero-order valence-corrected chi connectivity index (χ0v) is 25.6. The average molecular weight is 590 g/mol. The van der Waals surface area contributed by atoms with E-state index in [9.17, 15) is 9.59 Å². The van der Waals surface area contributed by atoms with Crippen molar-refractivity contribution in [2.24, 2.45) is 0 Å². The molecule has 0 aliphatic carbocycles. The number of carbonyl (C=O) groups is 2. The van der Waals surface area contributed by atoms with Gasteiger partial charge in [0.05, 0.1) is 26.2 Å². The summed E-state index contributed by atoms with van der Waals surface area (Å²) in [5, 5.41) is 3.70. The number of nitrogens with zero attached hydrogens (tertiary/aromatic N) is 2. The monoisotopic (exact) mass is 589 g/mol. The Morgan fingerprint density at radius 3 is 2.36 bits per heavy atom. The fraction of sp³-hybridized carbons (Fsp3) is 0.412. The lowest BCUT2D eigenvalue weighted by Gasteiger charge is -2.39. The molecule has 2 heterocycles. The summed E-state index contributed by atoms with van der Waals surface area (Å²) in [5.74, 6) is 1.37. The maximum absolute atomic E-state index is 13.8. The Balaban J connectivity index is 1.45. The van der Waals surface area contributed by atoms with Gasteiger partial charge in [-0.25, -0.2) is 0 Å². The number of hydrogen-bond donors (Lipinski definition) is 1. The van der Waals surface area contributed by atoms with Crippen molar-refractivity contribution in [3.63, 3.8) is 0 Å². The summed E-state index contributed by atoms with van der Waals surface area (Å²) >= 11 is 6.26. The first-order valence-corrected chi connectivity index (χ1v) is 15.2. The highest BCUT2D eigenvalue weighted by Crippen LogP contribution is 2.44. The Morgan fingerprint density at radius 2 is 1.74 bits per heavy atom. The number of ether oxygens (including phenoxy) is 2. The van der Waals surface area contributed by atoms with Crippen LogP contribution in [-0.4, -0.2) is 49.6 Å². The number of methoxy groups -OCH3 is 1. The topological polar surface area (TPSA) is 71.1 Å². The molecule has 2 aliphatic heterocycles. The Hall–Kier alpha value is -3.55. The summed E-state index contributed by atoms with van der Waals surface area (Å²) in [6.07, 6.45) is 3.04. The molecule has 0 saturated carbocycles. The van der Waals surface area contributed by atoms with E-state index in [0.717, 1.165) is 54.7 Å². The Bertz CT molecular complexity index is 1400. The second kappa shape index (κ2) is 13.2. The third-order valence-corrected chi connectivity index (χ3v) is 8.63. The molecule has 3 aromatic rings. The van der Waals surface area contributed by atoms with Crippen molar-refractivity contribution in [3.8, 4) is 11.5 Å². The molecule has 8 heteroatoms. The van der Waals surface area contributed by atoms with Crippen molar-refractivity contribution < 1.29 is 19.1 Å². The van der Waals surface area contributed by atoms with Gasteiger partial charge in [-0.05, 0) is 84.8 Å². The molecule has 5 rings (SSSR count). The Kier molecular flexibility index (Phi) is 9.39. The highest BCUT2D eigenvalue weighted by molar-refractivity contribution is 6.30. The minimum Gasteiger partial charge on any atom is -0.493 e. The Morgan fingerprint density at radius 1 is 1.05 bits per heavy atom. The number of likely N-dealkylation sites (tertiary alicyclic amines) is 1. The molecule has 42 heavy (non-hydrogen) atoms. The highest BCUT2D eigenvalue weighted by atomic mass is 35.5. The lowest BCUT2D eigenvalue weighted by molar-refractivity contribution is -0.120. The summed E-state index contributed by atoms with van der Waals surface area (Å²) < 4.78 is 11.7. The summed E-state index contributed by atoms with van der Waals surface area (Å²) in [6, 6.07) is 20.2. The van der Waals surface area contributed by atoms with Crippen molar-refractivity contribution in [2.75, 3.05) is 31.7 Å². The van der Waals surface area contributed by atoms with E-state index in [1.807, 2.05) is 41.3 Å². The molecule has 3 aromatic carbocycles. The normalized spacial score (nSPS) is 18.4. The molecule has 2 amide bonds. The largest absolute Gasteiger partial charge is 0.493 e. The number of benzene rings is 3. The second-order valence-electron chi connectivity index (χ2n) is 11.2. The van der Waals surface area contributed by atoms with Crippen LogP contribution in [0.25, 0.3) is 0 Å². The Labute approximate surface area is 253 Å². The molecule has 222 valence electrons. The van der Waals surface area contributed by atoms with Crippen LogP contribution < -0.4 is 19.7 Å². The number of rotatable bonds is 9. The van der Waals surface area contributed by atoms with Gasteiger partial charge < -0.3 is 19.7 Å². The van der Waals surface area contributed by atoms with E-state index < -0.39 is 0 Å². The number of carbonyl (C=O) groups excluding carboxylic acids is 2. The van der Waals surface area contributed by atoms with Crippen LogP contribution in [0.4, 0.5) is 5.69 Å². The number of halogens is 1. The number of hydrogen-bond acceptors (Lipinski definition) is 5. The summed E-state index contributed by atoms with van der Waals surface area (Å²) in [7, 11) is 1.63. The first-order chi connectivity index (χ1) is 20.3. The van der Waals surface area contributed by atoms with Gasteiger partial charge in [0.25, 0.3) is 0 Å². The van der Waals surface area contributed by atoms with Gasteiger partial charge in [-0.2, -0.15) is 0 Å². The molecule has 0 bridgehead atoms. The number of piperidine rings is 1. The van der Waals surface area contributed by atoms with Crippen LogP contribution in [-0.2, 0) is 16.0 Å². The van der Waals surface area contributed by atoms with E-state index in [1.165, 1.54) is 5.56 Å². The maximum atomic E-state index is 13.8. The van der Waals surface area contributed by atoms with E-state index in [-0.39, 0.29) is 36.4 Å². The third-order valence-electron chi connectivity index (χ3n) is 8.37. The molecule has 2 aliphatic rings. The van der Waals surface area contributed by atoms with Crippen LogP contribution in [0, 0.1) is 0 Å². The zero-order valence-electron chi connectivity index (χ0n) is 24.9. The van der Waals surface area contributed by atoms with Crippen molar-refractivity contribution in [1.82, 2.24) is 10.2 Å². The predicted molar refractivity (Wildman–Crippen MR) is 167 cm³/mol. The zero-order chi connectivity index (χ0) is 29.8. The molecule has 2 atom stereocenters. The van der Waals surface area contributed by atoms with Gasteiger partial charge in [0.2, 0.25) is 11.8 Å². The van der Waals surface area contributed by atoms with Gasteiger partial charge in [0.1, 0.15) is 0 Å². The fourth-order valence-corrected chi connectivity index (χ4v) is 6.28. The van der Waals surface area contributed by atoms with Crippen LogP contribution in [0.5, 0.6) is 11.5 Å². The summed E-state index contributed by atoms with van der Waals surface area (Å²) in [6.45, 7) is 8.31. The van der Waals surface area contributed by atoms with Crippen molar-refractivity contribution >= 4 is 29.1 Å². The molecule has 1 saturated heterocycles. The molecular weight excluding hydrogens is 550 g/mol. The van der Waals surface area contributed by atoms with E-state index in [4.69, 9.17) is 21.1 Å². The minimum absolute atomic E-state index is 0.0209. The average Bonchev–Trinajstić information content (AvgIpc) is 2.99. The van der Waals surface area contributed by atoms with E-state index in [0.29, 0.717) is 23.1 Å². The van der Waals surface area contributed by atoms with Crippen molar-refractivity contribution in [1.29, 1.82) is 0 Å². The molecule has 0 radical (unpaired) electrons. The molecule has 0 spiro atoms. The standard InChI is InChI=1S/C34H40ClN3O4/c1-5-18-42-32-21-30-26(19-31(32)41-4)20-33(40)38(34(30)25-6-10-27(35)11-7-25)29-12-8-24(9-13-29)22(2)37-16-14-28(15-17-37)36-23(3)39/h6-13,19,21-22,28,34H,5,14-18,20H2,1-4H3,(H,36,39). The van der Waals surface area contributed by atoms with Crippen LogP contribution in [0.3, 0.4) is 0 Å². The van der Waals surface area contributed by atoms with Gasteiger partial charge in [0, 0.05) is 42.8 Å². The quantitative estimate of drug-likeness (QED) is 0.309. The van der Waals surface area contributed by atoms with Crippen molar-refractivity contribution in [2.45, 2.75) is 64.6 Å². The van der Waals surface area contributed by atoms with Gasteiger partial charge in [0.15, 0.2) is 11.5 Å². The third kappa shape index (κ3) is 6.42. The van der Waals surface area contributed by atoms with Gasteiger partial charge >= 0.3 is 0 Å². The van der Waals surface area contributed by atoms with Crippen LogP contribution in [0.15, 0.2) is 60.7 Å². The smallest absolute Gasteiger partial charge is 0.232 e. The lowest BCUT2D eigenvalue weighted by atomic mass is 9.86. The minimum atomic E-state index is -0.343. The number of amides is 2. The number of fused-ring (bicyclic) bond motifs is 1. The predicted octanol–water partition coefficient (Wildman–Crippen LogP) is 6.48. The van der Waals surface area contributed by atoms with Crippen LogP contribution in [0.2, 0.25) is 5.02 Å². The highest BCUT2D eigenvalue weighted by Gasteiger charge is 2.36. The first-order valence-electron chi connectivity index (χ1n) is 14.8. The number of anilines is 1. The van der Waals surface area contributed by atoms with Gasteiger partial charge in [-0.15, -0.1) is 0 Å².